The number of amides is 1. The minimum absolute atomic E-state index is 0. The predicted molar refractivity (Wildman–Crippen MR) is 98.1 cm³/mol. The molecule has 0 spiro atoms. The largest absolute Gasteiger partial charge is 0.361 e. The number of rotatable bonds is 9. The number of carbonyl (C=O) groups is 1. The first-order valence-corrected chi connectivity index (χ1v) is 8.15. The molecule has 24 heavy (non-hydrogen) atoms. The van der Waals surface area contributed by atoms with E-state index in [1.807, 2.05) is 43.4 Å². The molecule has 1 heterocycles. The molecule has 132 valence electrons. The summed E-state index contributed by atoms with van der Waals surface area (Å²) in [5.41, 5.74) is 7.34. The highest BCUT2D eigenvalue weighted by Gasteiger charge is 2.08. The van der Waals surface area contributed by atoms with E-state index in [1.54, 1.807) is 4.90 Å². The van der Waals surface area contributed by atoms with Crippen molar-refractivity contribution in [1.29, 1.82) is 0 Å². The van der Waals surface area contributed by atoms with Crippen molar-refractivity contribution in [2.75, 3.05) is 20.1 Å². The van der Waals surface area contributed by atoms with Crippen LogP contribution >= 0.6 is 12.4 Å². The topological polar surface area (TPSA) is 72.4 Å². The molecule has 1 aromatic carbocycles. The molecule has 2 N–H and O–H groups in total. The van der Waals surface area contributed by atoms with Crippen LogP contribution in [0.5, 0.6) is 0 Å². The summed E-state index contributed by atoms with van der Waals surface area (Å²) >= 11 is 0. The third kappa shape index (κ3) is 6.34. The summed E-state index contributed by atoms with van der Waals surface area (Å²) < 4.78 is 5.39. The summed E-state index contributed by atoms with van der Waals surface area (Å²) in [7, 11) is 1.83. The van der Waals surface area contributed by atoms with Gasteiger partial charge in [-0.2, -0.15) is 0 Å². The highest BCUT2D eigenvalue weighted by atomic mass is 35.5. The molecule has 0 atom stereocenters. The lowest BCUT2D eigenvalue weighted by molar-refractivity contribution is -0.129. The number of unbranched alkanes of at least 4 members (excludes halogenated alkanes) is 2. The highest BCUT2D eigenvalue weighted by molar-refractivity contribution is 5.85. The third-order valence-corrected chi connectivity index (χ3v) is 3.83. The fourth-order valence-corrected chi connectivity index (χ4v) is 2.44. The third-order valence-electron chi connectivity index (χ3n) is 3.83. The molecule has 0 bridgehead atoms. The molecule has 0 aliphatic carbocycles. The molecule has 0 aliphatic rings. The number of aryl methyl sites for hydroxylation is 1. The molecule has 1 aromatic heterocycles. The van der Waals surface area contributed by atoms with E-state index in [0.29, 0.717) is 13.0 Å². The van der Waals surface area contributed by atoms with Crippen LogP contribution in [0, 0.1) is 0 Å². The van der Waals surface area contributed by atoms with Crippen molar-refractivity contribution in [2.24, 2.45) is 5.73 Å². The molecule has 1 amide bonds. The maximum Gasteiger partial charge on any atom is 0.223 e. The van der Waals surface area contributed by atoms with Crippen LogP contribution in [0.4, 0.5) is 0 Å². The normalized spacial score (nSPS) is 10.2. The Labute approximate surface area is 149 Å². The minimum atomic E-state index is 0. The van der Waals surface area contributed by atoms with Gasteiger partial charge in [-0.25, -0.2) is 0 Å². The molecule has 0 fully saturated rings. The molecule has 0 aliphatic heterocycles. The Hall–Kier alpha value is -1.85. The van der Waals surface area contributed by atoms with Crippen LogP contribution in [0.3, 0.4) is 0 Å². The molecule has 5 nitrogen and oxygen atoms in total. The number of hydrogen-bond acceptors (Lipinski definition) is 4. The van der Waals surface area contributed by atoms with Gasteiger partial charge in [-0.3, -0.25) is 4.79 Å². The van der Waals surface area contributed by atoms with Crippen molar-refractivity contribution in [3.05, 3.63) is 42.2 Å². The number of hydrogen-bond donors (Lipinski definition) is 1. The van der Waals surface area contributed by atoms with Crippen LogP contribution < -0.4 is 5.73 Å². The van der Waals surface area contributed by atoms with Gasteiger partial charge in [0, 0.05) is 44.6 Å². The molecule has 0 unspecified atom stereocenters. The van der Waals surface area contributed by atoms with Gasteiger partial charge < -0.3 is 15.2 Å². The maximum atomic E-state index is 11.6. The Morgan fingerprint density at radius 3 is 2.67 bits per heavy atom. The summed E-state index contributed by atoms with van der Waals surface area (Å²) in [6.07, 6.45) is 4.38. The van der Waals surface area contributed by atoms with Crippen LogP contribution in [0.25, 0.3) is 11.3 Å². The zero-order valence-electron chi connectivity index (χ0n) is 14.1. The summed E-state index contributed by atoms with van der Waals surface area (Å²) in [4.78, 5) is 13.3. The molecule has 0 saturated heterocycles. The van der Waals surface area contributed by atoms with Crippen molar-refractivity contribution >= 4 is 18.3 Å². The van der Waals surface area contributed by atoms with Crippen LogP contribution in [-0.2, 0) is 11.2 Å². The first-order valence-electron chi connectivity index (χ1n) is 8.15. The number of carbonyl (C=O) groups excluding carboxylic acids is 1. The average molecular weight is 352 g/mol. The van der Waals surface area contributed by atoms with Gasteiger partial charge in [0.2, 0.25) is 5.91 Å². The number of nitrogens with two attached hydrogens (primary N) is 1. The Morgan fingerprint density at radius 1 is 1.21 bits per heavy atom. The zero-order chi connectivity index (χ0) is 16.5. The second-order valence-corrected chi connectivity index (χ2v) is 5.71. The van der Waals surface area contributed by atoms with Gasteiger partial charge in [-0.15, -0.1) is 12.4 Å². The van der Waals surface area contributed by atoms with Crippen LogP contribution in [0.2, 0.25) is 0 Å². The van der Waals surface area contributed by atoms with E-state index in [-0.39, 0.29) is 18.3 Å². The predicted octanol–water partition coefficient (Wildman–Crippen LogP) is 3.28. The van der Waals surface area contributed by atoms with Gasteiger partial charge in [0.15, 0.2) is 0 Å². The van der Waals surface area contributed by atoms with E-state index in [4.69, 9.17) is 10.3 Å². The lowest BCUT2D eigenvalue weighted by Gasteiger charge is -2.16. The van der Waals surface area contributed by atoms with Crippen molar-refractivity contribution in [2.45, 2.75) is 32.1 Å². The van der Waals surface area contributed by atoms with Crippen molar-refractivity contribution in [3.8, 4) is 11.3 Å². The summed E-state index contributed by atoms with van der Waals surface area (Å²) in [5, 5.41) is 4.12. The van der Waals surface area contributed by atoms with Crippen molar-refractivity contribution in [1.82, 2.24) is 10.1 Å². The molecular weight excluding hydrogens is 326 g/mol. The van der Waals surface area contributed by atoms with Gasteiger partial charge in [0.05, 0.1) is 0 Å². The van der Waals surface area contributed by atoms with Crippen LogP contribution in [0.1, 0.15) is 31.4 Å². The molecule has 0 saturated carbocycles. The summed E-state index contributed by atoms with van der Waals surface area (Å²) in [6.45, 7) is 1.20. The molecule has 2 aromatic rings. The van der Waals surface area contributed by atoms with E-state index in [1.165, 1.54) is 0 Å². The van der Waals surface area contributed by atoms with Gasteiger partial charge in [0.1, 0.15) is 11.5 Å². The Kier molecular flexibility index (Phi) is 9.12. The Morgan fingerprint density at radius 2 is 1.96 bits per heavy atom. The highest BCUT2D eigenvalue weighted by Crippen LogP contribution is 2.19. The SMILES string of the molecule is CN(CCCCCc1cc(-c2ccccc2)no1)C(=O)CCN.Cl. The fraction of sp³-hybridized carbons (Fsp3) is 0.444. The monoisotopic (exact) mass is 351 g/mol. The van der Waals surface area contributed by atoms with Gasteiger partial charge in [-0.1, -0.05) is 41.9 Å². The van der Waals surface area contributed by atoms with E-state index in [2.05, 4.69) is 5.16 Å². The molecule has 6 heteroatoms. The number of halogens is 1. The van der Waals surface area contributed by atoms with Crippen molar-refractivity contribution in [3.63, 3.8) is 0 Å². The fourth-order valence-electron chi connectivity index (χ4n) is 2.44. The second-order valence-electron chi connectivity index (χ2n) is 5.71. The Balaban J connectivity index is 0.00000288. The van der Waals surface area contributed by atoms with E-state index in [9.17, 15) is 4.79 Å². The quantitative estimate of drug-likeness (QED) is 0.703. The lowest BCUT2D eigenvalue weighted by Crippen LogP contribution is -2.29. The van der Waals surface area contributed by atoms with Crippen LogP contribution in [-0.4, -0.2) is 36.1 Å². The number of nitrogens with zero attached hydrogens (tertiary/aromatic N) is 2. The molecule has 2 rings (SSSR count). The lowest BCUT2D eigenvalue weighted by atomic mass is 10.1. The van der Waals surface area contributed by atoms with E-state index >= 15 is 0 Å². The number of benzene rings is 1. The summed E-state index contributed by atoms with van der Waals surface area (Å²) in [5.74, 6) is 1.03. The smallest absolute Gasteiger partial charge is 0.223 e. The van der Waals surface area contributed by atoms with Crippen molar-refractivity contribution < 1.29 is 9.32 Å². The molecule has 0 radical (unpaired) electrons. The zero-order valence-corrected chi connectivity index (χ0v) is 14.9. The molecular formula is C18H26ClN3O2. The van der Waals surface area contributed by atoms with Gasteiger partial charge >= 0.3 is 0 Å². The standard InChI is InChI=1S/C18H25N3O2.ClH/c1-21(18(22)11-12-19)13-7-3-6-10-16-14-17(20-23-16)15-8-4-2-5-9-15;/h2,4-5,8-9,14H,3,6-7,10-13,19H2,1H3;1H. The minimum Gasteiger partial charge on any atom is -0.361 e. The first-order chi connectivity index (χ1) is 11.2. The van der Waals surface area contributed by atoms with Gasteiger partial charge in [0.25, 0.3) is 0 Å². The van der Waals surface area contributed by atoms with Gasteiger partial charge in [-0.05, 0) is 12.8 Å². The van der Waals surface area contributed by atoms with Crippen LogP contribution in [0.15, 0.2) is 40.9 Å². The number of aromatic nitrogens is 1. The second kappa shape index (κ2) is 10.8. The maximum absolute atomic E-state index is 11.6. The average Bonchev–Trinajstić information content (AvgIpc) is 3.04. The summed E-state index contributed by atoms with van der Waals surface area (Å²) in [6, 6.07) is 12.0. The first kappa shape index (κ1) is 20.2. The van der Waals surface area contributed by atoms with E-state index < -0.39 is 0 Å². The Bertz CT molecular complexity index is 601. The van der Waals surface area contributed by atoms with E-state index in [0.717, 1.165) is 49.2 Å².